The van der Waals surface area contributed by atoms with Gasteiger partial charge in [-0.25, -0.2) is 0 Å². The van der Waals surface area contributed by atoms with E-state index in [1.54, 1.807) is 10.6 Å². The number of carbonyl (C=O) groups is 2. The predicted octanol–water partition coefficient (Wildman–Crippen LogP) is 4.15. The monoisotopic (exact) mass is 414 g/mol. The quantitative estimate of drug-likeness (QED) is 0.605. The van der Waals surface area contributed by atoms with Gasteiger partial charge in [-0.05, 0) is 61.1 Å². The average Bonchev–Trinajstić information content (AvgIpc) is 3.05. The number of amides is 1. The van der Waals surface area contributed by atoms with Gasteiger partial charge < -0.3 is 9.30 Å². The highest BCUT2D eigenvalue weighted by atomic mass is 35.5. The standard InChI is InChI=1S/C21H19ClN2O3S/c1-27-18(25)12-24-19-16(22)7-4-8-17(19)28-21(24)23-20(26)15-10-9-13-5-2-3-6-14(13)11-15/h4,7-11H,2-3,5-6,12H2,1H3/b23-21-. The minimum absolute atomic E-state index is 0.0590. The number of halogens is 1. The first-order chi connectivity index (χ1) is 13.6. The van der Waals surface area contributed by atoms with Crippen molar-refractivity contribution in [3.05, 3.63) is 62.9 Å². The number of hydrogen-bond acceptors (Lipinski definition) is 4. The summed E-state index contributed by atoms with van der Waals surface area (Å²) in [5.41, 5.74) is 3.79. The van der Waals surface area contributed by atoms with Gasteiger partial charge in [0.25, 0.3) is 5.91 Å². The number of thiazole rings is 1. The number of rotatable bonds is 3. The molecule has 0 spiro atoms. The number of hydrogen-bond donors (Lipinski definition) is 0. The summed E-state index contributed by atoms with van der Waals surface area (Å²) in [6.07, 6.45) is 4.41. The van der Waals surface area contributed by atoms with Crippen LogP contribution < -0.4 is 4.80 Å². The molecule has 1 aliphatic carbocycles. The Hall–Kier alpha value is -2.44. The fraction of sp³-hybridized carbons (Fsp3) is 0.286. The van der Waals surface area contributed by atoms with E-state index in [1.165, 1.54) is 36.0 Å². The SMILES string of the molecule is COC(=O)Cn1/c(=N/C(=O)c2ccc3c(c2)CCCC3)sc2cccc(Cl)c21. The molecule has 0 bridgehead atoms. The third-order valence-corrected chi connectivity index (χ3v) is 6.31. The zero-order valence-corrected chi connectivity index (χ0v) is 17.0. The molecule has 0 unspecified atom stereocenters. The van der Waals surface area contributed by atoms with Crippen LogP contribution in [0.15, 0.2) is 41.4 Å². The van der Waals surface area contributed by atoms with Crippen LogP contribution in [0.4, 0.5) is 0 Å². The van der Waals surface area contributed by atoms with Crippen molar-refractivity contribution in [1.29, 1.82) is 0 Å². The van der Waals surface area contributed by atoms with E-state index in [-0.39, 0.29) is 12.5 Å². The van der Waals surface area contributed by atoms with Gasteiger partial charge in [-0.1, -0.05) is 35.1 Å². The number of aromatic nitrogens is 1. The Bertz CT molecular complexity index is 1150. The number of fused-ring (bicyclic) bond motifs is 2. The van der Waals surface area contributed by atoms with E-state index >= 15 is 0 Å². The topological polar surface area (TPSA) is 60.7 Å². The molecule has 2 aromatic carbocycles. The van der Waals surface area contributed by atoms with Gasteiger partial charge in [-0.2, -0.15) is 4.99 Å². The maximum Gasteiger partial charge on any atom is 0.325 e. The van der Waals surface area contributed by atoms with Crippen LogP contribution in [-0.4, -0.2) is 23.6 Å². The maximum absolute atomic E-state index is 12.8. The molecule has 4 rings (SSSR count). The Morgan fingerprint density at radius 2 is 1.96 bits per heavy atom. The molecule has 0 fully saturated rings. The van der Waals surface area contributed by atoms with E-state index in [4.69, 9.17) is 16.3 Å². The molecule has 0 saturated heterocycles. The van der Waals surface area contributed by atoms with Crippen molar-refractivity contribution in [2.45, 2.75) is 32.2 Å². The molecule has 3 aromatic rings. The molecule has 0 atom stereocenters. The lowest BCUT2D eigenvalue weighted by molar-refractivity contribution is -0.141. The molecular formula is C21H19ClN2O3S. The Morgan fingerprint density at radius 3 is 2.75 bits per heavy atom. The van der Waals surface area contributed by atoms with Crippen LogP contribution in [0.25, 0.3) is 10.2 Å². The third kappa shape index (κ3) is 3.62. The van der Waals surface area contributed by atoms with Crippen LogP contribution >= 0.6 is 22.9 Å². The fourth-order valence-electron chi connectivity index (χ4n) is 3.53. The zero-order chi connectivity index (χ0) is 19.7. The third-order valence-electron chi connectivity index (χ3n) is 4.96. The van der Waals surface area contributed by atoms with E-state index in [0.717, 1.165) is 24.0 Å². The summed E-state index contributed by atoms with van der Waals surface area (Å²) in [5.74, 6) is -0.753. The van der Waals surface area contributed by atoms with Gasteiger partial charge in [0.2, 0.25) is 0 Å². The summed E-state index contributed by atoms with van der Waals surface area (Å²) in [4.78, 5) is 29.5. The summed E-state index contributed by atoms with van der Waals surface area (Å²) >= 11 is 7.67. The second-order valence-corrected chi connectivity index (χ2v) is 8.16. The first-order valence-corrected chi connectivity index (χ1v) is 10.3. The lowest BCUT2D eigenvalue weighted by Gasteiger charge is -2.15. The Kier molecular flexibility index (Phi) is 5.33. The molecule has 144 valence electrons. The summed E-state index contributed by atoms with van der Waals surface area (Å²) in [6.45, 7) is -0.0590. The summed E-state index contributed by atoms with van der Waals surface area (Å²) < 4.78 is 7.29. The van der Waals surface area contributed by atoms with Gasteiger partial charge in [0.15, 0.2) is 4.80 Å². The minimum atomic E-state index is -0.428. The van der Waals surface area contributed by atoms with Crippen molar-refractivity contribution < 1.29 is 14.3 Å². The highest BCUT2D eigenvalue weighted by molar-refractivity contribution is 7.16. The Labute approximate surface area is 171 Å². The Morgan fingerprint density at radius 1 is 1.18 bits per heavy atom. The molecule has 7 heteroatoms. The van der Waals surface area contributed by atoms with Gasteiger partial charge in [-0.3, -0.25) is 9.59 Å². The molecule has 1 amide bonds. The highest BCUT2D eigenvalue weighted by Crippen LogP contribution is 2.26. The average molecular weight is 415 g/mol. The van der Waals surface area contributed by atoms with Crippen molar-refractivity contribution in [3.8, 4) is 0 Å². The number of para-hydroxylation sites is 1. The maximum atomic E-state index is 12.8. The summed E-state index contributed by atoms with van der Waals surface area (Å²) in [5, 5.41) is 0.500. The molecule has 0 radical (unpaired) electrons. The molecule has 0 N–H and O–H groups in total. The zero-order valence-electron chi connectivity index (χ0n) is 15.4. The fourth-order valence-corrected chi connectivity index (χ4v) is 4.92. The lowest BCUT2D eigenvalue weighted by atomic mass is 9.90. The van der Waals surface area contributed by atoms with Crippen molar-refractivity contribution in [2.75, 3.05) is 7.11 Å². The predicted molar refractivity (Wildman–Crippen MR) is 110 cm³/mol. The van der Waals surface area contributed by atoms with E-state index in [9.17, 15) is 9.59 Å². The first kappa shape index (κ1) is 18.9. The molecule has 28 heavy (non-hydrogen) atoms. The van der Waals surface area contributed by atoms with Crippen LogP contribution in [0.2, 0.25) is 5.02 Å². The van der Waals surface area contributed by atoms with Crippen LogP contribution in [-0.2, 0) is 28.9 Å². The van der Waals surface area contributed by atoms with Crippen molar-refractivity contribution in [1.82, 2.24) is 4.57 Å². The van der Waals surface area contributed by atoms with E-state index in [1.807, 2.05) is 30.3 Å². The van der Waals surface area contributed by atoms with Gasteiger partial charge in [0.1, 0.15) is 6.54 Å². The van der Waals surface area contributed by atoms with Crippen LogP contribution in [0.3, 0.4) is 0 Å². The summed E-state index contributed by atoms with van der Waals surface area (Å²) in [6, 6.07) is 11.3. The number of benzene rings is 2. The smallest absolute Gasteiger partial charge is 0.325 e. The molecule has 1 aromatic heterocycles. The van der Waals surface area contributed by atoms with Gasteiger partial charge in [-0.15, -0.1) is 0 Å². The van der Waals surface area contributed by atoms with E-state index < -0.39 is 5.97 Å². The molecule has 0 saturated carbocycles. The second-order valence-electron chi connectivity index (χ2n) is 6.74. The second kappa shape index (κ2) is 7.89. The van der Waals surface area contributed by atoms with Crippen LogP contribution in [0.5, 0.6) is 0 Å². The van der Waals surface area contributed by atoms with Crippen LogP contribution in [0, 0.1) is 0 Å². The lowest BCUT2D eigenvalue weighted by Crippen LogP contribution is -2.22. The van der Waals surface area contributed by atoms with Gasteiger partial charge in [0, 0.05) is 5.56 Å². The highest BCUT2D eigenvalue weighted by Gasteiger charge is 2.16. The first-order valence-electron chi connectivity index (χ1n) is 9.12. The molecule has 1 heterocycles. The molecule has 5 nitrogen and oxygen atoms in total. The number of carbonyl (C=O) groups excluding carboxylic acids is 2. The molecule has 0 aliphatic heterocycles. The number of esters is 1. The van der Waals surface area contributed by atoms with Crippen LogP contribution in [0.1, 0.15) is 34.3 Å². The van der Waals surface area contributed by atoms with Gasteiger partial charge >= 0.3 is 5.97 Å². The Balaban J connectivity index is 1.80. The van der Waals surface area contributed by atoms with Crippen molar-refractivity contribution in [3.63, 3.8) is 0 Å². The summed E-state index contributed by atoms with van der Waals surface area (Å²) in [7, 11) is 1.33. The molecule has 1 aliphatic rings. The number of aryl methyl sites for hydroxylation is 2. The normalized spacial score (nSPS) is 14.1. The molecular weight excluding hydrogens is 396 g/mol. The largest absolute Gasteiger partial charge is 0.468 e. The van der Waals surface area contributed by atoms with E-state index in [2.05, 4.69) is 4.99 Å². The minimum Gasteiger partial charge on any atom is -0.468 e. The van der Waals surface area contributed by atoms with E-state index in [0.29, 0.717) is 20.9 Å². The van der Waals surface area contributed by atoms with Gasteiger partial charge in [0.05, 0.1) is 22.3 Å². The number of ether oxygens (including phenoxy) is 1. The van der Waals surface area contributed by atoms with Crippen molar-refractivity contribution in [2.24, 2.45) is 4.99 Å². The van der Waals surface area contributed by atoms with Crippen molar-refractivity contribution >= 4 is 45.0 Å². The number of nitrogens with zero attached hydrogens (tertiary/aromatic N) is 2. The number of methoxy groups -OCH3 is 1.